The lowest BCUT2D eigenvalue weighted by Crippen LogP contribution is -2.38. The van der Waals surface area contributed by atoms with Gasteiger partial charge in [0.05, 0.1) is 30.5 Å². The Morgan fingerprint density at radius 2 is 1.89 bits per heavy atom. The van der Waals surface area contributed by atoms with Crippen molar-refractivity contribution in [3.8, 4) is 5.00 Å². The summed E-state index contributed by atoms with van der Waals surface area (Å²) in [6.07, 6.45) is 6.60. The monoisotopic (exact) mass is 545 g/mol. The number of aryl methyl sites for hydroxylation is 1. The fourth-order valence-corrected chi connectivity index (χ4v) is 7.15. The van der Waals surface area contributed by atoms with Crippen molar-refractivity contribution in [2.75, 3.05) is 11.9 Å². The van der Waals surface area contributed by atoms with E-state index in [0.29, 0.717) is 22.8 Å². The Morgan fingerprint density at radius 1 is 1.05 bits per heavy atom. The normalized spacial score (nSPS) is 16.2. The molecule has 1 aliphatic carbocycles. The van der Waals surface area contributed by atoms with E-state index in [1.165, 1.54) is 33.8 Å². The predicted molar refractivity (Wildman–Crippen MR) is 151 cm³/mol. The molecule has 194 valence electrons. The third-order valence-corrected chi connectivity index (χ3v) is 8.80. The molecule has 6 nitrogen and oxygen atoms in total. The van der Waals surface area contributed by atoms with Crippen LogP contribution in [0.1, 0.15) is 63.4 Å². The van der Waals surface area contributed by atoms with Crippen LogP contribution in [-0.4, -0.2) is 28.1 Å². The van der Waals surface area contributed by atoms with Crippen LogP contribution in [0.25, 0.3) is 5.00 Å². The van der Waals surface area contributed by atoms with Gasteiger partial charge in [-0.25, -0.2) is 9.59 Å². The van der Waals surface area contributed by atoms with Crippen molar-refractivity contribution in [1.29, 1.82) is 0 Å². The number of anilines is 1. The maximum absolute atomic E-state index is 14.1. The molecule has 1 atom stereocenters. The Kier molecular flexibility index (Phi) is 6.72. The van der Waals surface area contributed by atoms with Crippen LogP contribution in [0.5, 0.6) is 0 Å². The minimum absolute atomic E-state index is 0.243. The standard InChI is InChI=1S/C30H28ClN3O3S/c1-2-37-29(35)20-9-6-11-22(17-20)32-30(36)34-18-24-23-12-3-4-14-26(23)38-28(24)33-15-7-13-25(33)27(34)19-8-5-10-21(31)16-19/h5-11,13,15-17,27H,2-4,12,14,18H2,1H3,(H,32,36). The minimum Gasteiger partial charge on any atom is -0.462 e. The summed E-state index contributed by atoms with van der Waals surface area (Å²) in [6.45, 7) is 2.53. The van der Waals surface area contributed by atoms with Gasteiger partial charge >= 0.3 is 12.0 Å². The van der Waals surface area contributed by atoms with Gasteiger partial charge < -0.3 is 19.5 Å². The van der Waals surface area contributed by atoms with Gasteiger partial charge in [-0.3, -0.25) is 0 Å². The topological polar surface area (TPSA) is 63.6 Å². The molecule has 6 rings (SSSR count). The molecular formula is C30H28ClN3O3S. The van der Waals surface area contributed by atoms with E-state index in [1.54, 1.807) is 31.2 Å². The molecule has 2 aliphatic rings. The van der Waals surface area contributed by atoms with Crippen molar-refractivity contribution in [2.45, 2.75) is 45.2 Å². The Morgan fingerprint density at radius 3 is 2.74 bits per heavy atom. The summed E-state index contributed by atoms with van der Waals surface area (Å²) in [6, 6.07) is 18.1. The molecule has 1 unspecified atom stereocenters. The SMILES string of the molecule is CCOC(=O)c1cccc(NC(=O)N2Cc3c(sc4c3CCCC4)-n3cccc3C2c2cccc(Cl)c2)c1. The average Bonchev–Trinajstić information content (AvgIpc) is 3.51. The number of carbonyl (C=O) groups is 2. The van der Waals surface area contributed by atoms with Gasteiger partial charge in [-0.2, -0.15) is 0 Å². The van der Waals surface area contributed by atoms with E-state index in [2.05, 4.69) is 22.1 Å². The van der Waals surface area contributed by atoms with Crippen molar-refractivity contribution in [1.82, 2.24) is 9.47 Å². The lowest BCUT2D eigenvalue weighted by molar-refractivity contribution is 0.0526. The highest BCUT2D eigenvalue weighted by molar-refractivity contribution is 7.15. The molecule has 4 aromatic rings. The summed E-state index contributed by atoms with van der Waals surface area (Å²) in [5, 5.41) is 4.88. The molecule has 0 saturated heterocycles. The number of rotatable bonds is 4. The quantitative estimate of drug-likeness (QED) is 0.272. The first-order chi connectivity index (χ1) is 18.5. The van der Waals surface area contributed by atoms with Crippen molar-refractivity contribution in [3.63, 3.8) is 0 Å². The lowest BCUT2D eigenvalue weighted by Gasteiger charge is -2.31. The van der Waals surface area contributed by atoms with Crippen LogP contribution >= 0.6 is 22.9 Å². The van der Waals surface area contributed by atoms with Gasteiger partial charge in [0.15, 0.2) is 0 Å². The number of carbonyl (C=O) groups excluding carboxylic acids is 2. The summed E-state index contributed by atoms with van der Waals surface area (Å²) in [7, 11) is 0. The Hall–Kier alpha value is -3.55. The fourth-order valence-electron chi connectivity index (χ4n) is 5.55. The first-order valence-corrected chi connectivity index (χ1v) is 14.1. The van der Waals surface area contributed by atoms with E-state index in [1.807, 2.05) is 46.6 Å². The summed E-state index contributed by atoms with van der Waals surface area (Å²) in [4.78, 5) is 29.7. The molecule has 2 amide bonds. The number of benzene rings is 2. The molecule has 38 heavy (non-hydrogen) atoms. The lowest BCUT2D eigenvalue weighted by atomic mass is 9.95. The zero-order chi connectivity index (χ0) is 26.2. The molecule has 1 N–H and O–H groups in total. The van der Waals surface area contributed by atoms with Crippen LogP contribution in [0.15, 0.2) is 66.9 Å². The third-order valence-electron chi connectivity index (χ3n) is 7.23. The molecule has 2 aromatic carbocycles. The molecule has 3 heterocycles. The molecule has 0 bridgehead atoms. The van der Waals surface area contributed by atoms with E-state index in [0.717, 1.165) is 24.1 Å². The largest absolute Gasteiger partial charge is 0.462 e. The highest BCUT2D eigenvalue weighted by Gasteiger charge is 2.36. The molecule has 0 saturated carbocycles. The van der Waals surface area contributed by atoms with Crippen molar-refractivity contribution < 1.29 is 14.3 Å². The number of hydrogen-bond donors (Lipinski definition) is 1. The first kappa shape index (κ1) is 24.8. The number of esters is 1. The van der Waals surface area contributed by atoms with Crippen LogP contribution in [0.4, 0.5) is 10.5 Å². The first-order valence-electron chi connectivity index (χ1n) is 12.9. The number of hydrogen-bond acceptors (Lipinski definition) is 4. The molecular weight excluding hydrogens is 518 g/mol. The highest BCUT2D eigenvalue weighted by Crippen LogP contribution is 2.44. The number of halogens is 1. The Labute approximate surface area is 230 Å². The highest BCUT2D eigenvalue weighted by atomic mass is 35.5. The number of amides is 2. The maximum atomic E-state index is 14.1. The van der Waals surface area contributed by atoms with E-state index in [4.69, 9.17) is 16.3 Å². The number of ether oxygens (including phenoxy) is 1. The molecule has 8 heteroatoms. The van der Waals surface area contributed by atoms with Gasteiger partial charge in [-0.1, -0.05) is 29.8 Å². The van der Waals surface area contributed by atoms with E-state index >= 15 is 0 Å². The van der Waals surface area contributed by atoms with Crippen molar-refractivity contribution in [2.24, 2.45) is 0 Å². The number of aromatic nitrogens is 1. The van der Waals surface area contributed by atoms with Gasteiger partial charge in [0.2, 0.25) is 0 Å². The van der Waals surface area contributed by atoms with Crippen LogP contribution in [0.2, 0.25) is 5.02 Å². The van der Waals surface area contributed by atoms with Gasteiger partial charge in [0.25, 0.3) is 0 Å². The second kappa shape index (κ2) is 10.3. The van der Waals surface area contributed by atoms with Crippen molar-refractivity contribution >= 4 is 40.6 Å². The maximum Gasteiger partial charge on any atom is 0.338 e. The molecule has 0 radical (unpaired) electrons. The van der Waals surface area contributed by atoms with E-state index < -0.39 is 5.97 Å². The summed E-state index contributed by atoms with van der Waals surface area (Å²) in [5.41, 5.74) is 5.51. The van der Waals surface area contributed by atoms with Crippen LogP contribution in [-0.2, 0) is 24.1 Å². The number of fused-ring (bicyclic) bond motifs is 5. The average molecular weight is 546 g/mol. The zero-order valence-electron chi connectivity index (χ0n) is 21.1. The minimum atomic E-state index is -0.414. The second-order valence-electron chi connectivity index (χ2n) is 9.61. The third kappa shape index (κ3) is 4.50. The van der Waals surface area contributed by atoms with Crippen molar-refractivity contribution in [3.05, 3.63) is 105 Å². The smallest absolute Gasteiger partial charge is 0.338 e. The molecule has 1 aliphatic heterocycles. The Bertz CT molecular complexity index is 1520. The van der Waals surface area contributed by atoms with Crippen LogP contribution < -0.4 is 5.32 Å². The number of urea groups is 1. The van der Waals surface area contributed by atoms with Gasteiger partial charge in [-0.05, 0) is 86.2 Å². The van der Waals surface area contributed by atoms with Crippen LogP contribution in [0.3, 0.4) is 0 Å². The summed E-state index contributed by atoms with van der Waals surface area (Å²) < 4.78 is 7.39. The molecule has 0 spiro atoms. The molecule has 2 aromatic heterocycles. The number of nitrogens with one attached hydrogen (secondary N) is 1. The number of nitrogens with zero attached hydrogens (tertiary/aromatic N) is 2. The van der Waals surface area contributed by atoms with Crippen LogP contribution in [0, 0.1) is 0 Å². The zero-order valence-corrected chi connectivity index (χ0v) is 22.6. The number of thiophene rings is 1. The van der Waals surface area contributed by atoms with Gasteiger partial charge in [-0.15, -0.1) is 11.3 Å². The summed E-state index contributed by atoms with van der Waals surface area (Å²) >= 11 is 8.28. The van der Waals surface area contributed by atoms with Gasteiger partial charge in [0, 0.05) is 27.3 Å². The van der Waals surface area contributed by atoms with Gasteiger partial charge in [0.1, 0.15) is 5.00 Å². The Balaban J connectivity index is 1.44. The predicted octanol–water partition coefficient (Wildman–Crippen LogP) is 7.38. The molecule has 0 fully saturated rings. The second-order valence-corrected chi connectivity index (χ2v) is 11.1. The summed E-state index contributed by atoms with van der Waals surface area (Å²) in [5.74, 6) is -0.414. The van der Waals surface area contributed by atoms with E-state index in [-0.39, 0.29) is 18.7 Å². The van der Waals surface area contributed by atoms with E-state index in [9.17, 15) is 9.59 Å². The fraction of sp³-hybridized carbons (Fsp3) is 0.267.